The second-order valence-electron chi connectivity index (χ2n) is 5.86. The molecule has 1 atom stereocenters. The van der Waals surface area contributed by atoms with Gasteiger partial charge in [-0.2, -0.15) is 0 Å². The average Bonchev–Trinajstić information content (AvgIpc) is 2.75. The molecule has 3 heteroatoms. The van der Waals surface area contributed by atoms with Crippen LogP contribution < -0.4 is 9.47 Å². The molecule has 0 amide bonds. The zero-order valence-electron chi connectivity index (χ0n) is 14.0. The van der Waals surface area contributed by atoms with Crippen molar-refractivity contribution in [3.8, 4) is 17.2 Å². The molecule has 0 fully saturated rings. The molecule has 0 spiro atoms. The van der Waals surface area contributed by atoms with E-state index in [2.05, 4.69) is 30.9 Å². The minimum absolute atomic E-state index is 0.0467. The van der Waals surface area contributed by atoms with Crippen molar-refractivity contribution in [3.63, 3.8) is 0 Å². The fourth-order valence-corrected chi connectivity index (χ4v) is 3.06. The van der Waals surface area contributed by atoms with Crippen LogP contribution in [0.3, 0.4) is 0 Å². The van der Waals surface area contributed by atoms with Gasteiger partial charge in [0.15, 0.2) is 11.5 Å². The van der Waals surface area contributed by atoms with Crippen LogP contribution in [0, 0.1) is 0 Å². The number of ether oxygens (including phenoxy) is 2. The summed E-state index contributed by atoms with van der Waals surface area (Å²) in [6, 6.07) is 16.1. The summed E-state index contributed by atoms with van der Waals surface area (Å²) in [7, 11) is 0. The van der Waals surface area contributed by atoms with Crippen molar-refractivity contribution in [1.29, 1.82) is 0 Å². The Kier molecular flexibility index (Phi) is 5.19. The average molecular weight is 311 g/mol. The van der Waals surface area contributed by atoms with Crippen LogP contribution >= 0.6 is 0 Å². The van der Waals surface area contributed by atoms with Gasteiger partial charge in [-0.1, -0.05) is 44.2 Å². The van der Waals surface area contributed by atoms with Gasteiger partial charge in [-0.05, 0) is 50.7 Å². The summed E-state index contributed by atoms with van der Waals surface area (Å²) in [5, 5.41) is 0. The first-order valence-electron chi connectivity index (χ1n) is 8.56. The fourth-order valence-electron chi connectivity index (χ4n) is 3.06. The first-order chi connectivity index (χ1) is 11.3. The number of benzene rings is 2. The predicted octanol–water partition coefficient (Wildman–Crippen LogP) is 5.03. The lowest BCUT2D eigenvalue weighted by atomic mass is 10.0. The molecule has 1 heterocycles. The Balaban J connectivity index is 1.78. The summed E-state index contributed by atoms with van der Waals surface area (Å²) in [5.74, 6) is 2.54. The molecule has 3 rings (SSSR count). The molecule has 0 aliphatic carbocycles. The number of nitrogens with zero attached hydrogens (tertiary/aromatic N) is 1. The van der Waals surface area contributed by atoms with E-state index >= 15 is 0 Å². The third kappa shape index (κ3) is 3.67. The van der Waals surface area contributed by atoms with Gasteiger partial charge in [0, 0.05) is 5.56 Å². The van der Waals surface area contributed by atoms with Crippen molar-refractivity contribution in [3.05, 3.63) is 54.1 Å². The Labute approximate surface area is 138 Å². The molecular weight excluding hydrogens is 286 g/mol. The molecule has 1 aliphatic rings. The molecule has 0 N–H and O–H groups in total. The van der Waals surface area contributed by atoms with Gasteiger partial charge in [-0.15, -0.1) is 0 Å². The summed E-state index contributed by atoms with van der Waals surface area (Å²) in [6.45, 7) is 7.74. The van der Waals surface area contributed by atoms with Crippen molar-refractivity contribution < 1.29 is 9.47 Å². The smallest absolute Gasteiger partial charge is 0.169 e. The van der Waals surface area contributed by atoms with E-state index < -0.39 is 0 Å². The van der Waals surface area contributed by atoms with E-state index in [1.807, 2.05) is 36.4 Å². The van der Waals surface area contributed by atoms with Crippen LogP contribution in [0.4, 0.5) is 0 Å². The Hall–Kier alpha value is -2.00. The quantitative estimate of drug-likeness (QED) is 0.746. The summed E-state index contributed by atoms with van der Waals surface area (Å²) in [4.78, 5) is 2.45. The third-order valence-corrected chi connectivity index (χ3v) is 4.44. The molecule has 23 heavy (non-hydrogen) atoms. The van der Waals surface area contributed by atoms with E-state index in [1.54, 1.807) is 0 Å². The van der Waals surface area contributed by atoms with Crippen molar-refractivity contribution in [2.75, 3.05) is 19.6 Å². The van der Waals surface area contributed by atoms with E-state index in [9.17, 15) is 0 Å². The van der Waals surface area contributed by atoms with Gasteiger partial charge in [0.25, 0.3) is 0 Å². The highest BCUT2D eigenvalue weighted by atomic mass is 16.5. The largest absolute Gasteiger partial charge is 0.482 e. The first kappa shape index (κ1) is 15.9. The third-order valence-electron chi connectivity index (χ3n) is 4.44. The van der Waals surface area contributed by atoms with Gasteiger partial charge in [0.2, 0.25) is 0 Å². The van der Waals surface area contributed by atoms with E-state index in [-0.39, 0.29) is 6.10 Å². The molecule has 1 aliphatic heterocycles. The molecule has 0 saturated carbocycles. The molecule has 1 unspecified atom stereocenters. The van der Waals surface area contributed by atoms with Crippen LogP contribution in [-0.2, 0) is 0 Å². The van der Waals surface area contributed by atoms with Crippen LogP contribution in [0.1, 0.15) is 38.4 Å². The monoisotopic (exact) mass is 311 g/mol. The topological polar surface area (TPSA) is 21.7 Å². The zero-order chi connectivity index (χ0) is 16.1. The number of rotatable bonds is 6. The van der Waals surface area contributed by atoms with E-state index in [1.165, 1.54) is 0 Å². The molecule has 2 aromatic rings. The predicted molar refractivity (Wildman–Crippen MR) is 93.3 cm³/mol. The number of fused-ring (bicyclic) bond motifs is 2. The van der Waals surface area contributed by atoms with Crippen LogP contribution in [0.2, 0.25) is 0 Å². The Bertz CT molecular complexity index is 637. The highest BCUT2D eigenvalue weighted by Crippen LogP contribution is 2.42. The Morgan fingerprint density at radius 3 is 2.26 bits per heavy atom. The molecule has 0 radical (unpaired) electrons. The van der Waals surface area contributed by atoms with Crippen LogP contribution in [0.25, 0.3) is 0 Å². The summed E-state index contributed by atoms with van der Waals surface area (Å²) in [6.07, 6.45) is 2.15. The van der Waals surface area contributed by atoms with Gasteiger partial charge in [-0.3, -0.25) is 0 Å². The molecule has 122 valence electrons. The fraction of sp³-hybridized carbons (Fsp3) is 0.400. The van der Waals surface area contributed by atoms with Crippen LogP contribution in [0.15, 0.2) is 48.5 Å². The maximum atomic E-state index is 6.29. The van der Waals surface area contributed by atoms with Crippen LogP contribution in [-0.4, -0.2) is 24.5 Å². The summed E-state index contributed by atoms with van der Waals surface area (Å²) < 4.78 is 12.4. The Morgan fingerprint density at radius 1 is 0.870 bits per heavy atom. The second-order valence-corrected chi connectivity index (χ2v) is 5.86. The summed E-state index contributed by atoms with van der Waals surface area (Å²) >= 11 is 0. The van der Waals surface area contributed by atoms with Crippen molar-refractivity contribution >= 4 is 0 Å². The number of hydrogen-bond donors (Lipinski definition) is 0. The van der Waals surface area contributed by atoms with Gasteiger partial charge < -0.3 is 14.4 Å². The maximum Gasteiger partial charge on any atom is 0.169 e. The number of hydrogen-bond acceptors (Lipinski definition) is 3. The standard InChI is InChI=1S/C20H25NO2/c1-3-21(4-2)15-9-14-18-16-10-5-6-11-17(16)22-19-12-7-8-13-20(19)23-18/h5-8,10-13,18H,3-4,9,14-15H2,1-2H3. The second kappa shape index (κ2) is 7.51. The zero-order valence-corrected chi connectivity index (χ0v) is 14.0. The van der Waals surface area contributed by atoms with Gasteiger partial charge in [0.1, 0.15) is 11.9 Å². The minimum Gasteiger partial charge on any atom is -0.482 e. The Morgan fingerprint density at radius 2 is 1.52 bits per heavy atom. The first-order valence-corrected chi connectivity index (χ1v) is 8.56. The maximum absolute atomic E-state index is 6.29. The molecule has 0 aromatic heterocycles. The number of para-hydroxylation sites is 3. The van der Waals surface area contributed by atoms with Gasteiger partial charge >= 0.3 is 0 Å². The minimum atomic E-state index is 0.0467. The van der Waals surface area contributed by atoms with E-state index in [4.69, 9.17) is 9.47 Å². The molecule has 0 bridgehead atoms. The molecule has 3 nitrogen and oxygen atoms in total. The highest BCUT2D eigenvalue weighted by Gasteiger charge is 2.23. The molecule has 2 aromatic carbocycles. The molecular formula is C20H25NO2. The normalized spacial score (nSPS) is 16.0. The van der Waals surface area contributed by atoms with Gasteiger partial charge in [0.05, 0.1) is 0 Å². The van der Waals surface area contributed by atoms with E-state index in [0.717, 1.165) is 55.3 Å². The van der Waals surface area contributed by atoms with Crippen LogP contribution in [0.5, 0.6) is 17.2 Å². The SMILES string of the molecule is CCN(CC)CCCC1Oc2ccccc2Oc2ccccc21. The summed E-state index contributed by atoms with van der Waals surface area (Å²) in [5.41, 5.74) is 1.14. The van der Waals surface area contributed by atoms with Crippen molar-refractivity contribution in [1.82, 2.24) is 4.90 Å². The molecule has 0 saturated heterocycles. The van der Waals surface area contributed by atoms with Gasteiger partial charge in [-0.25, -0.2) is 0 Å². The van der Waals surface area contributed by atoms with Crippen molar-refractivity contribution in [2.24, 2.45) is 0 Å². The van der Waals surface area contributed by atoms with Crippen molar-refractivity contribution in [2.45, 2.75) is 32.8 Å². The lowest BCUT2D eigenvalue weighted by Crippen LogP contribution is -2.24. The lowest BCUT2D eigenvalue weighted by Gasteiger charge is -2.21. The lowest BCUT2D eigenvalue weighted by molar-refractivity contribution is 0.183. The van der Waals surface area contributed by atoms with E-state index in [0.29, 0.717) is 0 Å². The highest BCUT2D eigenvalue weighted by molar-refractivity contribution is 5.48.